The molecule has 0 aliphatic rings. The number of phenols is 1. The topological polar surface area (TPSA) is 33.3 Å². The van der Waals surface area contributed by atoms with Crippen molar-refractivity contribution in [2.75, 3.05) is 0 Å². The van der Waals surface area contributed by atoms with Crippen LogP contribution >= 0.6 is 0 Å². The van der Waals surface area contributed by atoms with Crippen molar-refractivity contribution in [1.82, 2.24) is 0 Å². The lowest BCUT2D eigenvalue weighted by Gasteiger charge is -1.99. The van der Waals surface area contributed by atoms with Crippen molar-refractivity contribution in [2.24, 2.45) is 0 Å². The Balaban J connectivity index is 1.92. The summed E-state index contributed by atoms with van der Waals surface area (Å²) in [6.45, 7) is 0. The highest BCUT2D eigenvalue weighted by molar-refractivity contribution is 5.80. The van der Waals surface area contributed by atoms with Gasteiger partial charge in [-0.2, -0.15) is 0 Å². The van der Waals surface area contributed by atoms with Gasteiger partial charge in [-0.3, -0.25) is 0 Å². The van der Waals surface area contributed by atoms with E-state index in [4.69, 9.17) is 4.84 Å². The fraction of sp³-hybridized carbons (Fsp3) is 0. The summed E-state index contributed by atoms with van der Waals surface area (Å²) in [6, 6.07) is 16.7. The summed E-state index contributed by atoms with van der Waals surface area (Å²) in [7, 11) is 0. The summed E-state index contributed by atoms with van der Waals surface area (Å²) in [4.78, 5) is 5.65. The molecule has 18 heavy (non-hydrogen) atoms. The van der Waals surface area contributed by atoms with Crippen molar-refractivity contribution >= 4 is 10.8 Å². The third-order valence-corrected chi connectivity index (χ3v) is 2.71. The first kappa shape index (κ1) is 10.6. The highest BCUT2D eigenvalue weighted by Crippen LogP contribution is 2.15. The first-order valence-corrected chi connectivity index (χ1v) is 5.69. The lowest BCUT2D eigenvalue weighted by Crippen LogP contribution is -2.38. The van der Waals surface area contributed by atoms with Crippen molar-refractivity contribution in [3.05, 3.63) is 67.0 Å². The molecule has 0 aliphatic carbocycles. The maximum absolute atomic E-state index is 9.20. The van der Waals surface area contributed by atoms with Gasteiger partial charge < -0.3 is 5.11 Å². The molecule has 0 spiro atoms. The molecule has 3 heteroatoms. The maximum atomic E-state index is 9.20. The molecule has 88 valence electrons. The van der Waals surface area contributed by atoms with Crippen LogP contribution in [0.5, 0.6) is 11.5 Å². The van der Waals surface area contributed by atoms with Crippen LogP contribution in [0.4, 0.5) is 0 Å². The third-order valence-electron chi connectivity index (χ3n) is 2.71. The van der Waals surface area contributed by atoms with Gasteiger partial charge in [0, 0.05) is 10.8 Å². The summed E-state index contributed by atoms with van der Waals surface area (Å²) < 4.78 is 1.65. The Kier molecular flexibility index (Phi) is 2.57. The van der Waals surface area contributed by atoms with Crippen LogP contribution in [0.15, 0.2) is 67.0 Å². The zero-order valence-corrected chi connectivity index (χ0v) is 9.65. The number of aromatic nitrogens is 1. The van der Waals surface area contributed by atoms with Crippen LogP contribution in [0.3, 0.4) is 0 Å². The van der Waals surface area contributed by atoms with E-state index in [-0.39, 0.29) is 5.75 Å². The second kappa shape index (κ2) is 4.37. The SMILES string of the molecule is Oc1ccc(O[n+]2ccc3ccccc3c2)cc1. The Morgan fingerprint density at radius 3 is 2.33 bits per heavy atom. The second-order valence-electron chi connectivity index (χ2n) is 4.02. The van der Waals surface area contributed by atoms with Crippen LogP contribution in [-0.2, 0) is 0 Å². The normalized spacial score (nSPS) is 10.4. The monoisotopic (exact) mass is 238 g/mol. The number of nitrogens with zero attached hydrogens (tertiary/aromatic N) is 1. The minimum atomic E-state index is 0.228. The lowest BCUT2D eigenvalue weighted by molar-refractivity contribution is -0.874. The van der Waals surface area contributed by atoms with Crippen LogP contribution < -0.4 is 9.57 Å². The highest BCUT2D eigenvalue weighted by Gasteiger charge is 2.05. The molecule has 1 heterocycles. The minimum Gasteiger partial charge on any atom is -0.508 e. The molecule has 0 amide bonds. The van der Waals surface area contributed by atoms with Gasteiger partial charge in [-0.05, 0) is 35.7 Å². The molecule has 0 aliphatic heterocycles. The third kappa shape index (κ3) is 2.11. The fourth-order valence-corrected chi connectivity index (χ4v) is 1.80. The van der Waals surface area contributed by atoms with Gasteiger partial charge >= 0.3 is 0 Å². The Morgan fingerprint density at radius 1 is 0.833 bits per heavy atom. The van der Waals surface area contributed by atoms with E-state index in [2.05, 4.69) is 6.07 Å². The van der Waals surface area contributed by atoms with E-state index in [1.54, 1.807) is 29.0 Å². The van der Waals surface area contributed by atoms with Gasteiger partial charge in [-0.1, -0.05) is 18.2 Å². The first-order valence-electron chi connectivity index (χ1n) is 5.69. The van der Waals surface area contributed by atoms with Gasteiger partial charge in [0.15, 0.2) is 0 Å². The van der Waals surface area contributed by atoms with Gasteiger partial charge in [0.1, 0.15) is 5.75 Å². The van der Waals surface area contributed by atoms with Crippen LogP contribution in [0, 0.1) is 0 Å². The summed E-state index contributed by atoms with van der Waals surface area (Å²) in [5, 5.41) is 11.5. The van der Waals surface area contributed by atoms with E-state index in [0.717, 1.165) is 5.39 Å². The smallest absolute Gasteiger partial charge is 0.230 e. The molecule has 0 fully saturated rings. The Bertz CT molecular complexity index is 677. The minimum absolute atomic E-state index is 0.228. The summed E-state index contributed by atoms with van der Waals surface area (Å²) in [5.41, 5.74) is 0. The second-order valence-corrected chi connectivity index (χ2v) is 4.02. The number of pyridine rings is 1. The van der Waals surface area contributed by atoms with Crippen molar-refractivity contribution < 1.29 is 14.7 Å². The van der Waals surface area contributed by atoms with Crippen LogP contribution in [-0.4, -0.2) is 5.11 Å². The molecular formula is C15H12NO2+. The predicted octanol–water partition coefficient (Wildman–Crippen LogP) is 2.68. The molecule has 0 saturated heterocycles. The van der Waals surface area contributed by atoms with Crippen LogP contribution in [0.1, 0.15) is 0 Å². The highest BCUT2D eigenvalue weighted by atomic mass is 16.7. The van der Waals surface area contributed by atoms with Gasteiger partial charge in [-0.15, -0.1) is 0 Å². The van der Waals surface area contributed by atoms with E-state index in [0.29, 0.717) is 5.75 Å². The molecular weight excluding hydrogens is 226 g/mol. The molecule has 2 aromatic carbocycles. The van der Waals surface area contributed by atoms with Gasteiger partial charge in [0.2, 0.25) is 18.1 Å². The average Bonchev–Trinajstić information content (AvgIpc) is 2.41. The quantitative estimate of drug-likeness (QED) is 0.696. The van der Waals surface area contributed by atoms with E-state index in [1.165, 1.54) is 5.39 Å². The number of aromatic hydroxyl groups is 1. The number of hydrogen-bond donors (Lipinski definition) is 1. The first-order chi connectivity index (χ1) is 8.81. The summed E-state index contributed by atoms with van der Waals surface area (Å²) in [6.07, 6.45) is 3.78. The van der Waals surface area contributed by atoms with Gasteiger partial charge in [0.05, 0.1) is 5.39 Å². The molecule has 0 atom stereocenters. The predicted molar refractivity (Wildman–Crippen MR) is 68.3 cm³/mol. The Morgan fingerprint density at radius 2 is 1.56 bits per heavy atom. The van der Waals surface area contributed by atoms with Gasteiger partial charge in [0.25, 0.3) is 0 Å². The van der Waals surface area contributed by atoms with Crippen LogP contribution in [0.2, 0.25) is 0 Å². The van der Waals surface area contributed by atoms with E-state index >= 15 is 0 Å². The summed E-state index contributed by atoms with van der Waals surface area (Å²) >= 11 is 0. The molecule has 0 unspecified atom stereocenters. The van der Waals surface area contributed by atoms with E-state index in [9.17, 15) is 5.11 Å². The van der Waals surface area contributed by atoms with Crippen molar-refractivity contribution in [3.63, 3.8) is 0 Å². The largest absolute Gasteiger partial charge is 0.508 e. The fourth-order valence-electron chi connectivity index (χ4n) is 1.80. The number of fused-ring (bicyclic) bond motifs is 1. The van der Waals surface area contributed by atoms with E-state index < -0.39 is 0 Å². The Labute approximate surface area is 104 Å². The molecule has 3 aromatic rings. The molecule has 0 radical (unpaired) electrons. The zero-order chi connectivity index (χ0) is 12.4. The van der Waals surface area contributed by atoms with Crippen molar-refractivity contribution in [3.8, 4) is 11.5 Å². The summed E-state index contributed by atoms with van der Waals surface area (Å²) in [5.74, 6) is 0.902. The zero-order valence-electron chi connectivity index (χ0n) is 9.65. The molecule has 3 nitrogen and oxygen atoms in total. The standard InChI is InChI=1S/C15H11NO2/c17-14-5-7-15(8-6-14)18-16-10-9-12-3-1-2-4-13(12)11-16/h1-11H/p+1. The number of hydrogen-bond acceptors (Lipinski definition) is 2. The van der Waals surface area contributed by atoms with Crippen molar-refractivity contribution in [1.29, 1.82) is 0 Å². The van der Waals surface area contributed by atoms with Gasteiger partial charge in [-0.25, -0.2) is 4.84 Å². The molecule has 3 rings (SSSR count). The number of rotatable bonds is 2. The van der Waals surface area contributed by atoms with Crippen LogP contribution in [0.25, 0.3) is 10.8 Å². The molecule has 0 bridgehead atoms. The Hall–Kier alpha value is -2.55. The molecule has 1 aromatic heterocycles. The number of phenolic OH excluding ortho intramolecular Hbond substituents is 1. The maximum Gasteiger partial charge on any atom is 0.230 e. The average molecular weight is 238 g/mol. The number of benzene rings is 2. The molecule has 0 saturated carbocycles. The lowest BCUT2D eigenvalue weighted by atomic mass is 10.2. The van der Waals surface area contributed by atoms with E-state index in [1.807, 2.05) is 36.7 Å². The molecule has 1 N–H and O–H groups in total. The van der Waals surface area contributed by atoms with Crippen molar-refractivity contribution in [2.45, 2.75) is 0 Å².